The zero-order valence-electron chi connectivity index (χ0n) is 10.2. The lowest BCUT2D eigenvalue weighted by Crippen LogP contribution is -2.51. The number of thiocarbonyl (C=S) groups is 1. The third-order valence-corrected chi connectivity index (χ3v) is 2.53. The van der Waals surface area contributed by atoms with Gasteiger partial charge in [0.05, 0.1) is 13.2 Å². The predicted octanol–water partition coefficient (Wildman–Crippen LogP) is -1.19. The molecular weight excluding hydrogens is 266 g/mol. The maximum Gasteiger partial charge on any atom is 0.201 e. The number of morpholine rings is 1. The van der Waals surface area contributed by atoms with Gasteiger partial charge in [-0.3, -0.25) is 10.9 Å². The number of hydrogen-bond donors (Lipinski definition) is 3. The first-order chi connectivity index (χ1) is 9.25. The molecule has 1 aliphatic heterocycles. The molecule has 0 saturated carbocycles. The average Bonchev–Trinajstić information content (AvgIpc) is 2.47. The van der Waals surface area contributed by atoms with Crippen LogP contribution in [0.1, 0.15) is 5.82 Å². The molecule has 0 aliphatic carbocycles. The van der Waals surface area contributed by atoms with Crippen LogP contribution in [0, 0.1) is 0 Å². The van der Waals surface area contributed by atoms with Crippen LogP contribution in [0.5, 0.6) is 0 Å². The summed E-state index contributed by atoms with van der Waals surface area (Å²) in [6.45, 7) is 2.89. The van der Waals surface area contributed by atoms with Crippen molar-refractivity contribution < 1.29 is 4.74 Å². The van der Waals surface area contributed by atoms with Gasteiger partial charge in [0, 0.05) is 25.5 Å². The van der Waals surface area contributed by atoms with E-state index in [1.807, 2.05) is 5.01 Å². The van der Waals surface area contributed by atoms with Gasteiger partial charge in [0.2, 0.25) is 5.11 Å². The van der Waals surface area contributed by atoms with Crippen molar-refractivity contribution in [2.24, 2.45) is 10.8 Å². The van der Waals surface area contributed by atoms with Crippen molar-refractivity contribution in [3.05, 3.63) is 24.3 Å². The number of hydrazone groups is 1. The van der Waals surface area contributed by atoms with E-state index < -0.39 is 0 Å². The van der Waals surface area contributed by atoms with Crippen LogP contribution < -0.4 is 16.6 Å². The van der Waals surface area contributed by atoms with Gasteiger partial charge in [-0.1, -0.05) is 0 Å². The van der Waals surface area contributed by atoms with Crippen molar-refractivity contribution in [2.45, 2.75) is 0 Å². The maximum atomic E-state index is 5.72. The summed E-state index contributed by atoms with van der Waals surface area (Å²) >= 11 is 5.10. The van der Waals surface area contributed by atoms with E-state index in [0.717, 1.165) is 13.1 Å². The number of ether oxygens (including phenoxy) is 1. The Hall–Kier alpha value is -1.84. The predicted molar refractivity (Wildman–Crippen MR) is 74.0 cm³/mol. The van der Waals surface area contributed by atoms with Crippen LogP contribution in [-0.4, -0.2) is 52.2 Å². The molecule has 102 valence electrons. The number of amidine groups is 1. The zero-order valence-corrected chi connectivity index (χ0v) is 11.1. The van der Waals surface area contributed by atoms with Crippen molar-refractivity contribution in [3.63, 3.8) is 0 Å². The SMILES string of the molecule is N/C(=N\NC(=S)NN1CCOCC1)c1ncccn1. The summed E-state index contributed by atoms with van der Waals surface area (Å²) in [6.07, 6.45) is 3.18. The molecule has 0 radical (unpaired) electrons. The van der Waals surface area contributed by atoms with Crippen LogP contribution in [0.4, 0.5) is 0 Å². The Morgan fingerprint density at radius 3 is 2.74 bits per heavy atom. The molecule has 0 unspecified atom stereocenters. The molecule has 19 heavy (non-hydrogen) atoms. The zero-order chi connectivity index (χ0) is 13.5. The van der Waals surface area contributed by atoms with Crippen molar-refractivity contribution in [1.82, 2.24) is 25.8 Å². The Morgan fingerprint density at radius 2 is 2.05 bits per heavy atom. The maximum absolute atomic E-state index is 5.72. The number of aromatic nitrogens is 2. The third-order valence-electron chi connectivity index (χ3n) is 2.34. The first-order valence-electron chi connectivity index (χ1n) is 5.75. The van der Waals surface area contributed by atoms with Crippen LogP contribution in [0.2, 0.25) is 0 Å². The Bertz CT molecular complexity index is 446. The topological polar surface area (TPSA) is 101 Å². The largest absolute Gasteiger partial charge is 0.379 e. The summed E-state index contributed by atoms with van der Waals surface area (Å²) in [7, 11) is 0. The van der Waals surface area contributed by atoms with Crippen LogP contribution in [0.25, 0.3) is 0 Å². The lowest BCUT2D eigenvalue weighted by atomic mass is 10.5. The highest BCUT2D eigenvalue weighted by molar-refractivity contribution is 7.80. The Balaban J connectivity index is 1.82. The normalized spacial score (nSPS) is 16.9. The summed E-state index contributed by atoms with van der Waals surface area (Å²) in [4.78, 5) is 7.95. The third kappa shape index (κ3) is 4.39. The fourth-order valence-electron chi connectivity index (χ4n) is 1.44. The molecule has 0 spiro atoms. The first kappa shape index (κ1) is 13.6. The van der Waals surface area contributed by atoms with Gasteiger partial charge < -0.3 is 10.5 Å². The highest BCUT2D eigenvalue weighted by Gasteiger charge is 2.10. The minimum absolute atomic E-state index is 0.173. The van der Waals surface area contributed by atoms with E-state index in [9.17, 15) is 0 Å². The monoisotopic (exact) mass is 281 g/mol. The van der Waals surface area contributed by atoms with E-state index in [4.69, 9.17) is 22.7 Å². The van der Waals surface area contributed by atoms with Crippen LogP contribution in [0.15, 0.2) is 23.6 Å². The van der Waals surface area contributed by atoms with E-state index in [1.54, 1.807) is 18.5 Å². The van der Waals surface area contributed by atoms with E-state index in [-0.39, 0.29) is 5.84 Å². The van der Waals surface area contributed by atoms with Gasteiger partial charge in [-0.15, -0.1) is 0 Å². The molecule has 0 aromatic carbocycles. The lowest BCUT2D eigenvalue weighted by Gasteiger charge is -2.27. The van der Waals surface area contributed by atoms with Gasteiger partial charge in [0.25, 0.3) is 0 Å². The van der Waals surface area contributed by atoms with E-state index in [2.05, 4.69) is 25.9 Å². The van der Waals surface area contributed by atoms with Crippen molar-refractivity contribution >= 4 is 23.2 Å². The minimum Gasteiger partial charge on any atom is -0.379 e. The number of nitrogens with two attached hydrogens (primary N) is 1. The fraction of sp³-hybridized carbons (Fsp3) is 0.400. The molecule has 1 aromatic rings. The summed E-state index contributed by atoms with van der Waals surface area (Å²) in [5, 5.41) is 6.23. The fourth-order valence-corrected chi connectivity index (χ4v) is 1.61. The smallest absolute Gasteiger partial charge is 0.201 e. The standard InChI is InChI=1S/C10H15N7OS/c11-8(9-12-2-1-3-13-9)14-15-10(19)16-17-4-6-18-7-5-17/h1-3H,4-7H2,(H2,11,14)(H2,15,16,19). The minimum atomic E-state index is 0.173. The molecule has 1 saturated heterocycles. The number of hydrazine groups is 1. The lowest BCUT2D eigenvalue weighted by molar-refractivity contribution is 0.0247. The van der Waals surface area contributed by atoms with Gasteiger partial charge in [-0.05, 0) is 18.3 Å². The summed E-state index contributed by atoms with van der Waals surface area (Å²) in [6, 6.07) is 1.70. The van der Waals surface area contributed by atoms with Gasteiger partial charge in [-0.25, -0.2) is 15.0 Å². The second-order valence-electron chi connectivity index (χ2n) is 3.72. The molecule has 1 fully saturated rings. The van der Waals surface area contributed by atoms with Crippen LogP contribution in [-0.2, 0) is 4.74 Å². The summed E-state index contributed by atoms with van der Waals surface area (Å²) < 4.78 is 5.23. The molecule has 1 aromatic heterocycles. The summed E-state index contributed by atoms with van der Waals surface area (Å²) in [5.74, 6) is 0.524. The molecule has 4 N–H and O–H groups in total. The molecule has 9 heteroatoms. The van der Waals surface area contributed by atoms with E-state index >= 15 is 0 Å². The van der Waals surface area contributed by atoms with Crippen molar-refractivity contribution in [3.8, 4) is 0 Å². The molecule has 2 heterocycles. The molecule has 1 aliphatic rings. The average molecular weight is 281 g/mol. The van der Waals surface area contributed by atoms with Crippen molar-refractivity contribution in [2.75, 3.05) is 26.3 Å². The van der Waals surface area contributed by atoms with Gasteiger partial charge in [-0.2, -0.15) is 5.10 Å². The number of nitrogens with zero attached hydrogens (tertiary/aromatic N) is 4. The molecule has 8 nitrogen and oxygen atoms in total. The molecule has 0 atom stereocenters. The van der Waals surface area contributed by atoms with Crippen LogP contribution in [0.3, 0.4) is 0 Å². The highest BCUT2D eigenvalue weighted by atomic mass is 32.1. The Morgan fingerprint density at radius 1 is 1.37 bits per heavy atom. The Labute approximate surface area is 116 Å². The second-order valence-corrected chi connectivity index (χ2v) is 4.13. The first-order valence-corrected chi connectivity index (χ1v) is 6.16. The van der Waals surface area contributed by atoms with Crippen LogP contribution >= 0.6 is 12.2 Å². The van der Waals surface area contributed by atoms with Crippen molar-refractivity contribution in [1.29, 1.82) is 0 Å². The molecule has 0 bridgehead atoms. The summed E-state index contributed by atoms with van der Waals surface area (Å²) in [5.41, 5.74) is 11.4. The quantitative estimate of drug-likeness (QED) is 0.275. The Kier molecular flexibility index (Phi) is 4.95. The highest BCUT2D eigenvalue weighted by Crippen LogP contribution is 1.92. The van der Waals surface area contributed by atoms with E-state index in [0.29, 0.717) is 24.2 Å². The van der Waals surface area contributed by atoms with Gasteiger partial charge in [0.15, 0.2) is 11.7 Å². The van der Waals surface area contributed by atoms with E-state index in [1.165, 1.54) is 0 Å². The molecule has 0 amide bonds. The molecular formula is C10H15N7OS. The van der Waals surface area contributed by atoms with Gasteiger partial charge >= 0.3 is 0 Å². The van der Waals surface area contributed by atoms with Gasteiger partial charge in [0.1, 0.15) is 0 Å². The second kappa shape index (κ2) is 6.92. The number of rotatable bonds is 3. The number of nitrogens with one attached hydrogen (secondary N) is 2. The number of hydrogen-bond acceptors (Lipinski definition) is 6. The molecule has 2 rings (SSSR count).